The Morgan fingerprint density at radius 3 is 2.50 bits per heavy atom. The number of ether oxygens (including phenoxy) is 1. The summed E-state index contributed by atoms with van der Waals surface area (Å²) in [5, 5.41) is 2.88. The number of hydrogen-bond donors (Lipinski definition) is 1. The van der Waals surface area contributed by atoms with E-state index in [1.165, 1.54) is 4.31 Å². The van der Waals surface area contributed by atoms with E-state index >= 15 is 0 Å². The van der Waals surface area contributed by atoms with Crippen molar-refractivity contribution in [2.24, 2.45) is 0 Å². The van der Waals surface area contributed by atoms with Crippen LogP contribution >= 0.6 is 0 Å². The summed E-state index contributed by atoms with van der Waals surface area (Å²) in [6.45, 7) is 5.12. The Hall–Kier alpha value is -1.44. The highest BCUT2D eigenvalue weighted by molar-refractivity contribution is 7.88. The molecule has 7 heteroatoms. The standard InChI is InChI=1S/C17H28N2O4S/c1-14(2)15-8-5-6-9-16(15)18-17(20)10-12-19(24(4,21)22)11-7-13-23-3/h5-6,8-9,14H,7,10-13H2,1-4H3,(H,18,20). The van der Waals surface area contributed by atoms with Crippen LogP contribution in [0.1, 0.15) is 38.2 Å². The zero-order chi connectivity index (χ0) is 18.2. The predicted molar refractivity (Wildman–Crippen MR) is 96.7 cm³/mol. The lowest BCUT2D eigenvalue weighted by Crippen LogP contribution is -2.34. The summed E-state index contributed by atoms with van der Waals surface area (Å²) in [6, 6.07) is 7.65. The fourth-order valence-corrected chi connectivity index (χ4v) is 3.27. The molecule has 6 nitrogen and oxygen atoms in total. The number of rotatable bonds is 10. The van der Waals surface area contributed by atoms with Crippen LogP contribution in [0.25, 0.3) is 0 Å². The number of hydrogen-bond acceptors (Lipinski definition) is 4. The molecule has 0 atom stereocenters. The maximum Gasteiger partial charge on any atom is 0.225 e. The summed E-state index contributed by atoms with van der Waals surface area (Å²) in [5.41, 5.74) is 1.84. The zero-order valence-corrected chi connectivity index (χ0v) is 15.7. The van der Waals surface area contributed by atoms with Gasteiger partial charge in [0.1, 0.15) is 0 Å². The summed E-state index contributed by atoms with van der Waals surface area (Å²) < 4.78 is 29.9. The van der Waals surface area contributed by atoms with Gasteiger partial charge in [0, 0.05) is 38.9 Å². The highest BCUT2D eigenvalue weighted by atomic mass is 32.2. The summed E-state index contributed by atoms with van der Waals surface area (Å²) in [5.74, 6) is 0.103. The molecule has 0 spiro atoms. The number of methoxy groups -OCH3 is 1. The molecule has 0 aliphatic carbocycles. The molecule has 1 N–H and O–H groups in total. The van der Waals surface area contributed by atoms with E-state index in [2.05, 4.69) is 19.2 Å². The van der Waals surface area contributed by atoms with E-state index in [1.54, 1.807) is 7.11 Å². The molecule has 0 saturated carbocycles. The normalized spacial score (nSPS) is 11.9. The topological polar surface area (TPSA) is 75.7 Å². The van der Waals surface area contributed by atoms with Gasteiger partial charge in [0.15, 0.2) is 0 Å². The van der Waals surface area contributed by atoms with Crippen LogP contribution in [0.5, 0.6) is 0 Å². The van der Waals surface area contributed by atoms with Crippen LogP contribution in [0.15, 0.2) is 24.3 Å². The molecule has 0 saturated heterocycles. The zero-order valence-electron chi connectivity index (χ0n) is 14.9. The molecule has 136 valence electrons. The molecule has 0 aliphatic rings. The lowest BCUT2D eigenvalue weighted by atomic mass is 10.0. The minimum atomic E-state index is -3.34. The van der Waals surface area contributed by atoms with E-state index in [4.69, 9.17) is 4.74 Å². The number of amides is 1. The molecule has 0 aromatic heterocycles. The van der Waals surface area contributed by atoms with Crippen LogP contribution in [0.2, 0.25) is 0 Å². The second kappa shape index (κ2) is 9.76. The van der Waals surface area contributed by atoms with Crippen molar-refractivity contribution in [2.45, 2.75) is 32.6 Å². The van der Waals surface area contributed by atoms with Gasteiger partial charge in [-0.15, -0.1) is 0 Å². The molecule has 24 heavy (non-hydrogen) atoms. The molecule has 1 aromatic rings. The van der Waals surface area contributed by atoms with Crippen LogP contribution in [0.3, 0.4) is 0 Å². The van der Waals surface area contributed by atoms with Crippen molar-refractivity contribution in [3.05, 3.63) is 29.8 Å². The molecule has 0 fully saturated rings. The number of para-hydroxylation sites is 1. The average molecular weight is 356 g/mol. The smallest absolute Gasteiger partial charge is 0.225 e. The van der Waals surface area contributed by atoms with Crippen molar-refractivity contribution in [1.82, 2.24) is 4.31 Å². The quantitative estimate of drug-likeness (QED) is 0.653. The van der Waals surface area contributed by atoms with Crippen molar-refractivity contribution in [2.75, 3.05) is 38.4 Å². The summed E-state index contributed by atoms with van der Waals surface area (Å²) in [6.07, 6.45) is 1.87. The Kier molecular flexibility index (Phi) is 8.38. The highest BCUT2D eigenvalue weighted by Gasteiger charge is 2.18. The van der Waals surface area contributed by atoms with E-state index in [0.717, 1.165) is 17.5 Å². The third kappa shape index (κ3) is 6.98. The molecule has 0 unspecified atom stereocenters. The predicted octanol–water partition coefficient (Wildman–Crippen LogP) is 2.44. The van der Waals surface area contributed by atoms with Crippen molar-refractivity contribution in [3.8, 4) is 0 Å². The van der Waals surface area contributed by atoms with Crippen LogP contribution in [0, 0.1) is 0 Å². The fourth-order valence-electron chi connectivity index (χ4n) is 2.38. The maximum absolute atomic E-state index is 12.2. The Balaban J connectivity index is 2.63. The number of carbonyl (C=O) groups excluding carboxylic acids is 1. The van der Waals surface area contributed by atoms with E-state index in [9.17, 15) is 13.2 Å². The first-order valence-electron chi connectivity index (χ1n) is 8.08. The van der Waals surface area contributed by atoms with Crippen molar-refractivity contribution < 1.29 is 17.9 Å². The average Bonchev–Trinajstić information content (AvgIpc) is 2.49. The van der Waals surface area contributed by atoms with E-state index in [-0.39, 0.29) is 18.9 Å². The molecule has 0 aliphatic heterocycles. The monoisotopic (exact) mass is 356 g/mol. The van der Waals surface area contributed by atoms with Gasteiger partial charge in [0.05, 0.1) is 6.26 Å². The number of benzene rings is 1. The second-order valence-corrected chi connectivity index (χ2v) is 8.03. The van der Waals surface area contributed by atoms with Crippen LogP contribution in [-0.4, -0.2) is 51.7 Å². The number of carbonyl (C=O) groups is 1. The van der Waals surface area contributed by atoms with Gasteiger partial charge < -0.3 is 10.1 Å². The van der Waals surface area contributed by atoms with Gasteiger partial charge in [0.25, 0.3) is 0 Å². The number of nitrogens with one attached hydrogen (secondary N) is 1. The van der Waals surface area contributed by atoms with E-state index in [1.807, 2.05) is 24.3 Å². The first-order valence-corrected chi connectivity index (χ1v) is 9.93. The molecule has 0 bridgehead atoms. The van der Waals surface area contributed by atoms with Crippen molar-refractivity contribution in [3.63, 3.8) is 0 Å². The lowest BCUT2D eigenvalue weighted by molar-refractivity contribution is -0.116. The Morgan fingerprint density at radius 1 is 1.25 bits per heavy atom. The Morgan fingerprint density at radius 2 is 1.92 bits per heavy atom. The van der Waals surface area contributed by atoms with E-state index < -0.39 is 10.0 Å². The van der Waals surface area contributed by atoms with Gasteiger partial charge in [-0.3, -0.25) is 4.79 Å². The van der Waals surface area contributed by atoms with Crippen molar-refractivity contribution in [1.29, 1.82) is 0 Å². The van der Waals surface area contributed by atoms with Gasteiger partial charge in [-0.05, 0) is 24.0 Å². The molecule has 0 radical (unpaired) electrons. The lowest BCUT2D eigenvalue weighted by Gasteiger charge is -2.20. The molecule has 1 amide bonds. The number of anilines is 1. The molecule has 1 aromatic carbocycles. The molecule has 0 heterocycles. The van der Waals surface area contributed by atoms with Crippen molar-refractivity contribution >= 4 is 21.6 Å². The number of sulfonamides is 1. The van der Waals surface area contributed by atoms with Crippen LogP contribution < -0.4 is 5.32 Å². The SMILES string of the molecule is COCCCN(CCC(=O)Nc1ccccc1C(C)C)S(C)(=O)=O. The second-order valence-electron chi connectivity index (χ2n) is 6.05. The summed E-state index contributed by atoms with van der Waals surface area (Å²) in [7, 11) is -1.76. The Labute approximate surface area is 145 Å². The third-order valence-electron chi connectivity index (χ3n) is 3.67. The highest BCUT2D eigenvalue weighted by Crippen LogP contribution is 2.23. The van der Waals surface area contributed by atoms with Crippen LogP contribution in [-0.2, 0) is 19.6 Å². The van der Waals surface area contributed by atoms with E-state index in [0.29, 0.717) is 25.5 Å². The minimum absolute atomic E-state index is 0.118. The Bertz CT molecular complexity index is 629. The fraction of sp³-hybridized carbons (Fsp3) is 0.588. The minimum Gasteiger partial charge on any atom is -0.385 e. The largest absolute Gasteiger partial charge is 0.385 e. The maximum atomic E-state index is 12.2. The van der Waals surface area contributed by atoms with Crippen LogP contribution in [0.4, 0.5) is 5.69 Å². The summed E-state index contributed by atoms with van der Waals surface area (Å²) >= 11 is 0. The first kappa shape index (κ1) is 20.6. The first-order chi connectivity index (χ1) is 11.3. The van der Waals surface area contributed by atoms with Gasteiger partial charge in [-0.2, -0.15) is 0 Å². The molecule has 1 rings (SSSR count). The van der Waals surface area contributed by atoms with Gasteiger partial charge in [-0.1, -0.05) is 32.0 Å². The summed E-state index contributed by atoms with van der Waals surface area (Å²) in [4.78, 5) is 12.2. The number of nitrogens with zero attached hydrogens (tertiary/aromatic N) is 1. The molecular formula is C17H28N2O4S. The van der Waals surface area contributed by atoms with Gasteiger partial charge in [0.2, 0.25) is 15.9 Å². The third-order valence-corrected chi connectivity index (χ3v) is 4.97. The van der Waals surface area contributed by atoms with Gasteiger partial charge in [-0.25, -0.2) is 12.7 Å². The molecular weight excluding hydrogens is 328 g/mol. The van der Waals surface area contributed by atoms with Gasteiger partial charge >= 0.3 is 0 Å².